The van der Waals surface area contributed by atoms with Gasteiger partial charge in [0.05, 0.1) is 0 Å². The molecule has 0 aromatic heterocycles. The highest BCUT2D eigenvalue weighted by Crippen LogP contribution is 2.32. The van der Waals surface area contributed by atoms with Crippen molar-refractivity contribution in [2.24, 2.45) is 11.3 Å². The number of rotatable bonds is 7. The first-order chi connectivity index (χ1) is 8.77. The summed E-state index contributed by atoms with van der Waals surface area (Å²) < 4.78 is 59.5. The summed E-state index contributed by atoms with van der Waals surface area (Å²) in [6.07, 6.45) is 0.326. The van der Waals surface area contributed by atoms with Crippen LogP contribution in [-0.2, 0) is 14.8 Å². The Hall–Kier alpha value is -0.830. The van der Waals surface area contributed by atoms with E-state index in [1.807, 2.05) is 20.8 Å². The van der Waals surface area contributed by atoms with E-state index in [2.05, 4.69) is 0 Å². The van der Waals surface area contributed by atoms with Crippen LogP contribution in [0, 0.1) is 11.3 Å². The normalized spacial score (nSPS) is 15.1. The third-order valence-electron chi connectivity index (χ3n) is 3.02. The Kier molecular flexibility index (Phi) is 6.47. The van der Waals surface area contributed by atoms with Crippen LogP contribution in [0.4, 0.5) is 13.2 Å². The first-order valence-corrected chi connectivity index (χ1v) is 7.53. The topological polar surface area (TPSA) is 83.5 Å². The summed E-state index contributed by atoms with van der Waals surface area (Å²) in [4.78, 5) is 10.5. The van der Waals surface area contributed by atoms with E-state index >= 15 is 0 Å². The van der Waals surface area contributed by atoms with Crippen molar-refractivity contribution < 1.29 is 31.5 Å². The summed E-state index contributed by atoms with van der Waals surface area (Å²) in [6, 6.07) is 0. The molecule has 0 heterocycles. The van der Waals surface area contributed by atoms with Gasteiger partial charge in [0.1, 0.15) is 0 Å². The molecular weight excluding hydrogens is 299 g/mol. The molecule has 0 spiro atoms. The van der Waals surface area contributed by atoms with Crippen LogP contribution in [0.15, 0.2) is 0 Å². The SMILES string of the molecule is CC(C)(C)C(CCNS(=O)(=O)C(F)(F)F)CCC(=O)O. The van der Waals surface area contributed by atoms with Crippen molar-refractivity contribution in [3.63, 3.8) is 0 Å². The number of hydrogen-bond acceptors (Lipinski definition) is 3. The zero-order valence-electron chi connectivity index (χ0n) is 11.6. The Morgan fingerprint density at radius 3 is 2.05 bits per heavy atom. The van der Waals surface area contributed by atoms with Crippen LogP contribution in [0.1, 0.15) is 40.0 Å². The molecule has 2 N–H and O–H groups in total. The van der Waals surface area contributed by atoms with Crippen molar-refractivity contribution >= 4 is 16.0 Å². The molecule has 0 aromatic carbocycles. The Morgan fingerprint density at radius 2 is 1.70 bits per heavy atom. The fourth-order valence-corrected chi connectivity index (χ4v) is 2.31. The van der Waals surface area contributed by atoms with Gasteiger partial charge in [0.2, 0.25) is 0 Å². The molecule has 120 valence electrons. The first-order valence-electron chi connectivity index (χ1n) is 6.05. The molecular formula is C11H20F3NO4S. The van der Waals surface area contributed by atoms with Crippen LogP contribution in [0.25, 0.3) is 0 Å². The predicted molar refractivity (Wildman–Crippen MR) is 67.4 cm³/mol. The zero-order valence-corrected chi connectivity index (χ0v) is 12.4. The van der Waals surface area contributed by atoms with Crippen LogP contribution in [0.5, 0.6) is 0 Å². The van der Waals surface area contributed by atoms with Crippen molar-refractivity contribution in [3.05, 3.63) is 0 Å². The molecule has 0 fully saturated rings. The van der Waals surface area contributed by atoms with E-state index in [-0.39, 0.29) is 37.1 Å². The quantitative estimate of drug-likeness (QED) is 0.754. The van der Waals surface area contributed by atoms with Gasteiger partial charge in [-0.2, -0.15) is 13.2 Å². The second-order valence-corrected chi connectivity index (χ2v) is 7.39. The highest BCUT2D eigenvalue weighted by atomic mass is 32.2. The monoisotopic (exact) mass is 319 g/mol. The number of carbonyl (C=O) groups is 1. The van der Waals surface area contributed by atoms with Crippen molar-refractivity contribution in [1.82, 2.24) is 4.72 Å². The number of sulfonamides is 1. The number of nitrogens with one attached hydrogen (secondary N) is 1. The molecule has 5 nitrogen and oxygen atoms in total. The number of carboxylic acid groups (broad SMARTS) is 1. The number of carboxylic acids is 1. The lowest BCUT2D eigenvalue weighted by Gasteiger charge is -2.30. The molecule has 0 aliphatic heterocycles. The molecule has 0 aliphatic carbocycles. The second kappa shape index (κ2) is 6.75. The Morgan fingerprint density at radius 1 is 1.20 bits per heavy atom. The van der Waals surface area contributed by atoms with Crippen molar-refractivity contribution in [2.45, 2.75) is 45.5 Å². The van der Waals surface area contributed by atoms with E-state index < -0.39 is 21.5 Å². The Bertz CT molecular complexity index is 426. The fourth-order valence-electron chi connectivity index (χ4n) is 1.76. The molecule has 0 radical (unpaired) electrons. The second-order valence-electron chi connectivity index (χ2n) is 5.63. The van der Waals surface area contributed by atoms with Crippen LogP contribution in [0.3, 0.4) is 0 Å². The standard InChI is InChI=1S/C11H20F3NO4S/c1-10(2,3)8(4-5-9(16)17)6-7-15-20(18,19)11(12,13)14/h8,15H,4-7H2,1-3H3,(H,16,17). The van der Waals surface area contributed by atoms with Gasteiger partial charge in [-0.25, -0.2) is 13.1 Å². The molecule has 0 aliphatic rings. The minimum atomic E-state index is -5.34. The van der Waals surface area contributed by atoms with Gasteiger partial charge in [0.15, 0.2) is 0 Å². The van der Waals surface area contributed by atoms with Crippen molar-refractivity contribution in [1.29, 1.82) is 0 Å². The molecule has 0 saturated heterocycles. The summed E-state index contributed by atoms with van der Waals surface area (Å²) >= 11 is 0. The number of hydrogen-bond donors (Lipinski definition) is 2. The van der Waals surface area contributed by atoms with Gasteiger partial charge in [0.25, 0.3) is 0 Å². The van der Waals surface area contributed by atoms with Crippen molar-refractivity contribution in [2.75, 3.05) is 6.54 Å². The molecule has 0 aromatic rings. The first kappa shape index (κ1) is 19.2. The predicted octanol–water partition coefficient (Wildman–Crippen LogP) is 2.34. The van der Waals surface area contributed by atoms with Crippen LogP contribution in [-0.4, -0.2) is 31.5 Å². The average Bonchev–Trinajstić information content (AvgIpc) is 2.18. The lowest BCUT2D eigenvalue weighted by molar-refractivity contribution is -0.137. The van der Waals surface area contributed by atoms with Gasteiger partial charge < -0.3 is 5.11 Å². The zero-order chi connectivity index (χ0) is 16.2. The summed E-state index contributed by atoms with van der Waals surface area (Å²) in [5.74, 6) is -1.19. The maximum absolute atomic E-state index is 12.1. The lowest BCUT2D eigenvalue weighted by Crippen LogP contribution is -2.38. The molecule has 1 atom stereocenters. The van der Waals surface area contributed by atoms with Crippen LogP contribution >= 0.6 is 0 Å². The molecule has 0 saturated carbocycles. The van der Waals surface area contributed by atoms with Crippen LogP contribution < -0.4 is 4.72 Å². The smallest absolute Gasteiger partial charge is 0.481 e. The number of aliphatic carboxylic acids is 1. The van der Waals surface area contributed by atoms with Gasteiger partial charge in [-0.3, -0.25) is 4.79 Å². The fraction of sp³-hybridized carbons (Fsp3) is 0.909. The lowest BCUT2D eigenvalue weighted by atomic mass is 9.76. The number of halogens is 3. The third kappa shape index (κ3) is 6.56. The van der Waals surface area contributed by atoms with E-state index in [4.69, 9.17) is 5.11 Å². The van der Waals surface area contributed by atoms with E-state index in [9.17, 15) is 26.4 Å². The van der Waals surface area contributed by atoms with Gasteiger partial charge in [0, 0.05) is 13.0 Å². The third-order valence-corrected chi connectivity index (χ3v) is 4.21. The van der Waals surface area contributed by atoms with Gasteiger partial charge in [-0.1, -0.05) is 20.8 Å². The highest BCUT2D eigenvalue weighted by molar-refractivity contribution is 7.90. The molecule has 0 bridgehead atoms. The summed E-state index contributed by atoms with van der Waals surface area (Å²) in [5, 5.41) is 8.63. The molecule has 9 heteroatoms. The van der Waals surface area contributed by atoms with Gasteiger partial charge >= 0.3 is 21.5 Å². The molecule has 0 amide bonds. The van der Waals surface area contributed by atoms with E-state index in [1.54, 1.807) is 0 Å². The number of alkyl halides is 3. The van der Waals surface area contributed by atoms with E-state index in [0.717, 1.165) is 0 Å². The van der Waals surface area contributed by atoms with E-state index in [0.29, 0.717) is 0 Å². The maximum Gasteiger partial charge on any atom is 0.511 e. The molecule has 0 rings (SSSR count). The highest BCUT2D eigenvalue weighted by Gasteiger charge is 2.45. The van der Waals surface area contributed by atoms with Crippen LogP contribution in [0.2, 0.25) is 0 Å². The molecule has 20 heavy (non-hydrogen) atoms. The van der Waals surface area contributed by atoms with Gasteiger partial charge in [-0.15, -0.1) is 0 Å². The van der Waals surface area contributed by atoms with Crippen molar-refractivity contribution in [3.8, 4) is 0 Å². The van der Waals surface area contributed by atoms with Gasteiger partial charge in [-0.05, 0) is 24.2 Å². The minimum Gasteiger partial charge on any atom is -0.481 e. The maximum atomic E-state index is 12.1. The largest absolute Gasteiger partial charge is 0.511 e. The summed E-state index contributed by atoms with van der Waals surface area (Å²) in [6.45, 7) is 5.12. The average molecular weight is 319 g/mol. The summed E-state index contributed by atoms with van der Waals surface area (Å²) in [7, 11) is -5.34. The Labute approximate surface area is 116 Å². The Balaban J connectivity index is 4.53. The van der Waals surface area contributed by atoms with E-state index in [1.165, 1.54) is 4.72 Å². The minimum absolute atomic E-state index is 0.103. The summed E-state index contributed by atoms with van der Waals surface area (Å²) in [5.41, 5.74) is -5.65. The molecule has 1 unspecified atom stereocenters.